The van der Waals surface area contributed by atoms with E-state index in [0.29, 0.717) is 19.8 Å². The molecule has 2 fully saturated rings. The molecule has 2 aliphatic heterocycles. The maximum Gasteiger partial charge on any atom is 0.411 e. The van der Waals surface area contributed by atoms with Gasteiger partial charge in [0.1, 0.15) is 0 Å². The van der Waals surface area contributed by atoms with Crippen LogP contribution >= 0.6 is 0 Å². The summed E-state index contributed by atoms with van der Waals surface area (Å²) in [6, 6.07) is 16.4. The van der Waals surface area contributed by atoms with Gasteiger partial charge >= 0.3 is 6.09 Å². The van der Waals surface area contributed by atoms with Crippen molar-refractivity contribution in [1.29, 1.82) is 0 Å². The molecule has 1 amide bonds. The van der Waals surface area contributed by atoms with Gasteiger partial charge in [-0.2, -0.15) is 0 Å². The number of hydrogen-bond acceptors (Lipinski definition) is 5. The summed E-state index contributed by atoms with van der Waals surface area (Å²) in [6.45, 7) is 10.7. The summed E-state index contributed by atoms with van der Waals surface area (Å²) in [5.41, 5.74) is 4.44. The molecule has 172 valence electrons. The molecular formula is C25H34N4O3. The number of carboxylic acid groups (broad SMARTS) is 1. The molecule has 4 rings (SSSR count). The van der Waals surface area contributed by atoms with Crippen LogP contribution in [0.1, 0.15) is 12.0 Å². The van der Waals surface area contributed by atoms with Crippen LogP contribution < -0.4 is 14.7 Å². The lowest BCUT2D eigenvalue weighted by atomic mass is 10.1. The SMILES string of the molecule is Cc1ccccc1N1CCN(CCCN(C(=O)O)c2cccc(N3CCOCC3)c2)CC1. The molecule has 2 heterocycles. The van der Waals surface area contributed by atoms with E-state index in [0.717, 1.165) is 63.6 Å². The number of para-hydroxylation sites is 1. The van der Waals surface area contributed by atoms with E-state index in [1.807, 2.05) is 24.3 Å². The lowest BCUT2D eigenvalue weighted by molar-refractivity contribution is 0.122. The van der Waals surface area contributed by atoms with E-state index < -0.39 is 6.09 Å². The smallest absolute Gasteiger partial charge is 0.411 e. The van der Waals surface area contributed by atoms with Crippen molar-refractivity contribution in [1.82, 2.24) is 4.90 Å². The van der Waals surface area contributed by atoms with Crippen LogP contribution in [0.15, 0.2) is 48.5 Å². The third-order valence-corrected chi connectivity index (χ3v) is 6.43. The van der Waals surface area contributed by atoms with E-state index >= 15 is 0 Å². The van der Waals surface area contributed by atoms with E-state index in [-0.39, 0.29) is 0 Å². The number of amides is 1. The first-order valence-electron chi connectivity index (χ1n) is 11.6. The van der Waals surface area contributed by atoms with Crippen molar-refractivity contribution < 1.29 is 14.6 Å². The minimum atomic E-state index is -0.895. The van der Waals surface area contributed by atoms with Crippen LogP contribution in [-0.4, -0.2) is 81.7 Å². The Bertz CT molecular complexity index is 892. The number of anilines is 3. The van der Waals surface area contributed by atoms with E-state index in [2.05, 4.69) is 45.9 Å². The molecule has 32 heavy (non-hydrogen) atoms. The second-order valence-corrected chi connectivity index (χ2v) is 8.52. The summed E-state index contributed by atoms with van der Waals surface area (Å²) in [4.78, 5) is 20.6. The predicted octanol–water partition coefficient (Wildman–Crippen LogP) is 3.53. The highest BCUT2D eigenvalue weighted by atomic mass is 16.5. The Balaban J connectivity index is 1.29. The van der Waals surface area contributed by atoms with Gasteiger partial charge in [0.15, 0.2) is 0 Å². The zero-order valence-corrected chi connectivity index (χ0v) is 18.9. The van der Waals surface area contributed by atoms with Crippen molar-refractivity contribution >= 4 is 23.2 Å². The fourth-order valence-electron chi connectivity index (χ4n) is 4.60. The number of hydrogen-bond donors (Lipinski definition) is 1. The lowest BCUT2D eigenvalue weighted by Crippen LogP contribution is -2.47. The van der Waals surface area contributed by atoms with Gasteiger partial charge in [0.05, 0.1) is 13.2 Å². The predicted molar refractivity (Wildman–Crippen MR) is 129 cm³/mol. The summed E-state index contributed by atoms with van der Waals surface area (Å²) in [5.74, 6) is 0. The first kappa shape index (κ1) is 22.4. The van der Waals surface area contributed by atoms with Gasteiger partial charge in [-0.05, 0) is 49.7 Å². The highest BCUT2D eigenvalue weighted by Gasteiger charge is 2.20. The van der Waals surface area contributed by atoms with Crippen molar-refractivity contribution in [2.24, 2.45) is 0 Å². The largest absolute Gasteiger partial charge is 0.465 e. The molecule has 0 radical (unpaired) electrons. The zero-order chi connectivity index (χ0) is 22.3. The van der Waals surface area contributed by atoms with Crippen molar-refractivity contribution in [3.05, 3.63) is 54.1 Å². The molecule has 0 bridgehead atoms. The average molecular weight is 439 g/mol. The molecular weight excluding hydrogens is 404 g/mol. The summed E-state index contributed by atoms with van der Waals surface area (Å²) >= 11 is 0. The van der Waals surface area contributed by atoms with Gasteiger partial charge in [-0.1, -0.05) is 24.3 Å². The summed E-state index contributed by atoms with van der Waals surface area (Å²) in [5, 5.41) is 9.82. The molecule has 0 unspecified atom stereocenters. The molecule has 0 atom stereocenters. The molecule has 7 nitrogen and oxygen atoms in total. The normalized spacial score (nSPS) is 17.4. The number of aryl methyl sites for hydroxylation is 1. The second kappa shape index (κ2) is 10.7. The van der Waals surface area contributed by atoms with Gasteiger partial charge in [0, 0.05) is 62.9 Å². The van der Waals surface area contributed by atoms with E-state index in [1.165, 1.54) is 16.2 Å². The van der Waals surface area contributed by atoms with E-state index in [4.69, 9.17) is 4.74 Å². The summed E-state index contributed by atoms with van der Waals surface area (Å²) in [7, 11) is 0. The zero-order valence-electron chi connectivity index (χ0n) is 18.9. The summed E-state index contributed by atoms with van der Waals surface area (Å²) in [6.07, 6.45) is -0.0770. The molecule has 0 spiro atoms. The maximum absolute atomic E-state index is 12.0. The van der Waals surface area contributed by atoms with Gasteiger partial charge in [-0.15, -0.1) is 0 Å². The van der Waals surface area contributed by atoms with E-state index in [9.17, 15) is 9.90 Å². The minimum Gasteiger partial charge on any atom is -0.465 e. The number of morpholine rings is 1. The molecule has 0 aromatic heterocycles. The van der Waals surface area contributed by atoms with Crippen molar-refractivity contribution in [2.75, 3.05) is 80.3 Å². The van der Waals surface area contributed by atoms with Crippen LogP contribution in [0.3, 0.4) is 0 Å². The molecule has 1 N–H and O–H groups in total. The van der Waals surface area contributed by atoms with Crippen LogP contribution in [-0.2, 0) is 4.74 Å². The highest BCUT2D eigenvalue weighted by Crippen LogP contribution is 2.24. The standard InChI is InChI=1S/C25H34N4O3/c1-21-6-2-3-9-24(21)28-14-12-26(13-15-28)10-5-11-29(25(30)31)23-8-4-7-22(20-23)27-16-18-32-19-17-27/h2-4,6-9,20H,5,10-19H2,1H3,(H,30,31). The van der Waals surface area contributed by atoms with Crippen LogP contribution in [0.2, 0.25) is 0 Å². The summed E-state index contributed by atoms with van der Waals surface area (Å²) < 4.78 is 5.43. The molecule has 2 aromatic carbocycles. The molecule has 2 aliphatic rings. The quantitative estimate of drug-likeness (QED) is 0.714. The Hall–Kier alpha value is -2.77. The Kier molecular flexibility index (Phi) is 7.50. The Morgan fingerprint density at radius 1 is 0.969 bits per heavy atom. The highest BCUT2D eigenvalue weighted by molar-refractivity contribution is 5.86. The molecule has 0 aliphatic carbocycles. The maximum atomic E-state index is 12.0. The van der Waals surface area contributed by atoms with Crippen LogP contribution in [0.25, 0.3) is 0 Å². The van der Waals surface area contributed by atoms with E-state index in [1.54, 1.807) is 0 Å². The Morgan fingerprint density at radius 3 is 2.44 bits per heavy atom. The van der Waals surface area contributed by atoms with Crippen molar-refractivity contribution in [3.63, 3.8) is 0 Å². The number of rotatable bonds is 7. The van der Waals surface area contributed by atoms with Gasteiger partial charge in [-0.3, -0.25) is 9.80 Å². The number of piperazine rings is 1. The van der Waals surface area contributed by atoms with Gasteiger partial charge < -0.3 is 19.6 Å². The van der Waals surface area contributed by atoms with Gasteiger partial charge in [0.2, 0.25) is 0 Å². The Labute approximate surface area is 190 Å². The minimum absolute atomic E-state index is 0.500. The number of ether oxygens (including phenoxy) is 1. The van der Waals surface area contributed by atoms with Crippen molar-refractivity contribution in [3.8, 4) is 0 Å². The van der Waals surface area contributed by atoms with Gasteiger partial charge in [0.25, 0.3) is 0 Å². The fraction of sp³-hybridized carbons (Fsp3) is 0.480. The molecule has 7 heteroatoms. The average Bonchev–Trinajstić information content (AvgIpc) is 2.83. The Morgan fingerprint density at radius 2 is 1.72 bits per heavy atom. The second-order valence-electron chi connectivity index (χ2n) is 8.52. The molecule has 0 saturated carbocycles. The molecule has 2 aromatic rings. The van der Waals surface area contributed by atoms with Crippen LogP contribution in [0.5, 0.6) is 0 Å². The number of benzene rings is 2. The first-order valence-corrected chi connectivity index (χ1v) is 11.6. The third kappa shape index (κ3) is 5.53. The van der Waals surface area contributed by atoms with Crippen molar-refractivity contribution in [2.45, 2.75) is 13.3 Å². The van der Waals surface area contributed by atoms with Crippen LogP contribution in [0.4, 0.5) is 21.9 Å². The number of carbonyl (C=O) groups is 1. The number of nitrogens with zero attached hydrogens (tertiary/aromatic N) is 4. The van der Waals surface area contributed by atoms with Crippen LogP contribution in [0, 0.1) is 6.92 Å². The van der Waals surface area contributed by atoms with Gasteiger partial charge in [-0.25, -0.2) is 4.79 Å². The monoisotopic (exact) mass is 438 g/mol. The molecule has 2 saturated heterocycles. The topological polar surface area (TPSA) is 59.5 Å². The third-order valence-electron chi connectivity index (χ3n) is 6.43. The lowest BCUT2D eigenvalue weighted by Gasteiger charge is -2.37. The fourth-order valence-corrected chi connectivity index (χ4v) is 4.60. The first-order chi connectivity index (χ1) is 15.6.